The van der Waals surface area contributed by atoms with Gasteiger partial charge in [0.2, 0.25) is 5.91 Å². The molecule has 1 unspecified atom stereocenters. The van der Waals surface area contributed by atoms with Crippen molar-refractivity contribution in [2.45, 2.75) is 16.6 Å². The summed E-state index contributed by atoms with van der Waals surface area (Å²) in [7, 11) is 0. The minimum absolute atomic E-state index is 0.0456. The van der Waals surface area contributed by atoms with Crippen LogP contribution in [0.3, 0.4) is 0 Å². The zero-order chi connectivity index (χ0) is 9.97. The largest absolute Gasteiger partial charge is 0.324 e. The number of hydrogen-bond acceptors (Lipinski definition) is 2. The molecular formula is C10H10BrNOS. The maximum atomic E-state index is 11.6. The lowest BCUT2D eigenvalue weighted by atomic mass is 10.2. The van der Waals surface area contributed by atoms with E-state index in [0.717, 1.165) is 22.3 Å². The van der Waals surface area contributed by atoms with Gasteiger partial charge >= 0.3 is 0 Å². The van der Waals surface area contributed by atoms with Crippen LogP contribution in [0.1, 0.15) is 6.42 Å². The van der Waals surface area contributed by atoms with Crippen LogP contribution in [-0.4, -0.2) is 16.5 Å². The highest BCUT2D eigenvalue weighted by Gasteiger charge is 2.25. The average Bonchev–Trinajstić information content (AvgIpc) is 2.19. The van der Waals surface area contributed by atoms with Crippen LogP contribution < -0.4 is 5.32 Å². The number of fused-ring (bicyclic) bond motifs is 1. The summed E-state index contributed by atoms with van der Waals surface area (Å²) < 4.78 is 0. The van der Waals surface area contributed by atoms with Crippen molar-refractivity contribution >= 4 is 39.3 Å². The molecule has 2 nitrogen and oxygen atoms in total. The number of carbonyl (C=O) groups is 1. The molecular weight excluding hydrogens is 262 g/mol. The van der Waals surface area contributed by atoms with Crippen molar-refractivity contribution in [2.24, 2.45) is 0 Å². The molecule has 1 aromatic carbocycles. The number of hydrogen-bond donors (Lipinski definition) is 1. The minimum Gasteiger partial charge on any atom is -0.324 e. The third-order valence-electron chi connectivity index (χ3n) is 2.08. The maximum Gasteiger partial charge on any atom is 0.237 e. The third-order valence-corrected chi connectivity index (χ3v) is 3.88. The second-order valence-electron chi connectivity index (χ2n) is 3.07. The first-order valence-corrected chi connectivity index (χ1v) is 6.44. The highest BCUT2D eigenvalue weighted by Crippen LogP contribution is 2.36. The van der Waals surface area contributed by atoms with E-state index in [1.54, 1.807) is 11.8 Å². The fraction of sp³-hybridized carbons (Fsp3) is 0.300. The molecule has 1 aromatic rings. The molecule has 0 spiro atoms. The number of para-hydroxylation sites is 1. The van der Waals surface area contributed by atoms with Crippen molar-refractivity contribution in [3.8, 4) is 0 Å². The Morgan fingerprint density at radius 2 is 2.21 bits per heavy atom. The number of amides is 1. The van der Waals surface area contributed by atoms with Crippen LogP contribution in [0.2, 0.25) is 0 Å². The van der Waals surface area contributed by atoms with E-state index in [2.05, 4.69) is 21.2 Å². The van der Waals surface area contributed by atoms with Crippen molar-refractivity contribution in [3.05, 3.63) is 24.3 Å². The molecule has 0 saturated heterocycles. The van der Waals surface area contributed by atoms with Crippen molar-refractivity contribution in [1.29, 1.82) is 0 Å². The molecule has 1 atom stereocenters. The van der Waals surface area contributed by atoms with Gasteiger partial charge in [-0.15, -0.1) is 11.8 Å². The highest BCUT2D eigenvalue weighted by molar-refractivity contribution is 9.09. The Bertz CT molecular complexity index is 356. The van der Waals surface area contributed by atoms with Gasteiger partial charge in [0.05, 0.1) is 10.9 Å². The van der Waals surface area contributed by atoms with Crippen LogP contribution in [0.4, 0.5) is 5.69 Å². The number of rotatable bonds is 2. The van der Waals surface area contributed by atoms with Gasteiger partial charge < -0.3 is 5.32 Å². The zero-order valence-corrected chi connectivity index (χ0v) is 9.90. The van der Waals surface area contributed by atoms with Crippen molar-refractivity contribution < 1.29 is 4.79 Å². The Morgan fingerprint density at radius 1 is 1.43 bits per heavy atom. The maximum absolute atomic E-state index is 11.6. The Kier molecular flexibility index (Phi) is 3.13. The molecule has 0 saturated carbocycles. The molecule has 0 aromatic heterocycles. The molecule has 0 bridgehead atoms. The van der Waals surface area contributed by atoms with E-state index in [0.29, 0.717) is 0 Å². The Morgan fingerprint density at radius 3 is 3.00 bits per heavy atom. The van der Waals surface area contributed by atoms with Gasteiger partial charge in [0.25, 0.3) is 0 Å². The Balaban J connectivity index is 2.22. The topological polar surface area (TPSA) is 29.1 Å². The second-order valence-corrected chi connectivity index (χ2v) is 5.11. The molecule has 1 N–H and O–H groups in total. The second kappa shape index (κ2) is 4.36. The lowest BCUT2D eigenvalue weighted by molar-refractivity contribution is -0.115. The first kappa shape index (κ1) is 10.1. The van der Waals surface area contributed by atoms with Crippen molar-refractivity contribution in [1.82, 2.24) is 0 Å². The number of alkyl halides is 1. The van der Waals surface area contributed by atoms with Crippen LogP contribution in [0, 0.1) is 0 Å². The first-order valence-electron chi connectivity index (χ1n) is 4.44. The summed E-state index contributed by atoms with van der Waals surface area (Å²) >= 11 is 5.01. The van der Waals surface area contributed by atoms with E-state index in [1.165, 1.54) is 0 Å². The lowest BCUT2D eigenvalue weighted by Crippen LogP contribution is -2.29. The van der Waals surface area contributed by atoms with E-state index in [9.17, 15) is 4.79 Å². The molecule has 4 heteroatoms. The number of carbonyl (C=O) groups excluding carboxylic acids is 1. The molecule has 1 aliphatic rings. The first-order chi connectivity index (χ1) is 6.81. The van der Waals surface area contributed by atoms with E-state index < -0.39 is 0 Å². The van der Waals surface area contributed by atoms with E-state index in [1.807, 2.05) is 24.3 Å². The van der Waals surface area contributed by atoms with Crippen LogP contribution in [-0.2, 0) is 4.79 Å². The SMILES string of the molecule is O=C1Nc2ccccc2SC1CCBr. The normalized spacial score (nSPS) is 20.1. The predicted molar refractivity (Wildman–Crippen MR) is 63.1 cm³/mol. The van der Waals surface area contributed by atoms with Crippen LogP contribution in [0.15, 0.2) is 29.2 Å². The summed E-state index contributed by atoms with van der Waals surface area (Å²) in [5.74, 6) is 0.119. The van der Waals surface area contributed by atoms with Crippen LogP contribution >= 0.6 is 27.7 Å². The van der Waals surface area contributed by atoms with E-state index in [-0.39, 0.29) is 11.2 Å². The summed E-state index contributed by atoms with van der Waals surface area (Å²) in [6.45, 7) is 0. The molecule has 14 heavy (non-hydrogen) atoms. The summed E-state index contributed by atoms with van der Waals surface area (Å²) in [6.07, 6.45) is 0.866. The van der Waals surface area contributed by atoms with Crippen molar-refractivity contribution in [2.75, 3.05) is 10.6 Å². The highest BCUT2D eigenvalue weighted by atomic mass is 79.9. The van der Waals surface area contributed by atoms with E-state index in [4.69, 9.17) is 0 Å². The van der Waals surface area contributed by atoms with Gasteiger partial charge in [-0.1, -0.05) is 28.1 Å². The van der Waals surface area contributed by atoms with Gasteiger partial charge in [0.15, 0.2) is 0 Å². The predicted octanol–water partition coefficient (Wildman–Crippen LogP) is 2.88. The molecule has 0 aliphatic carbocycles. The number of halogens is 1. The minimum atomic E-state index is 0.0456. The standard InChI is InChI=1S/C10H10BrNOS/c11-6-5-9-10(13)12-7-3-1-2-4-8(7)14-9/h1-4,9H,5-6H2,(H,12,13). The number of benzene rings is 1. The quantitative estimate of drug-likeness (QED) is 0.839. The van der Waals surface area contributed by atoms with Crippen molar-refractivity contribution in [3.63, 3.8) is 0 Å². The Labute approximate surface area is 95.6 Å². The molecule has 1 amide bonds. The average molecular weight is 272 g/mol. The summed E-state index contributed by atoms with van der Waals surface area (Å²) in [4.78, 5) is 12.8. The van der Waals surface area contributed by atoms with Gasteiger partial charge in [0, 0.05) is 10.2 Å². The number of thioether (sulfide) groups is 1. The molecule has 74 valence electrons. The van der Waals surface area contributed by atoms with Crippen LogP contribution in [0.5, 0.6) is 0 Å². The number of anilines is 1. The summed E-state index contributed by atoms with van der Waals surface area (Å²) in [5.41, 5.74) is 0.938. The molecule has 0 radical (unpaired) electrons. The summed E-state index contributed by atoms with van der Waals surface area (Å²) in [6, 6.07) is 7.91. The summed E-state index contributed by atoms with van der Waals surface area (Å²) in [5, 5.41) is 3.82. The molecule has 1 aliphatic heterocycles. The van der Waals surface area contributed by atoms with Gasteiger partial charge in [-0.2, -0.15) is 0 Å². The molecule has 2 rings (SSSR count). The third kappa shape index (κ3) is 1.96. The fourth-order valence-electron chi connectivity index (χ4n) is 1.38. The van der Waals surface area contributed by atoms with E-state index >= 15 is 0 Å². The lowest BCUT2D eigenvalue weighted by Gasteiger charge is -2.23. The molecule has 0 fully saturated rings. The Hall–Kier alpha value is -0.480. The fourth-order valence-corrected chi connectivity index (χ4v) is 3.25. The monoisotopic (exact) mass is 271 g/mol. The van der Waals surface area contributed by atoms with Crippen LogP contribution in [0.25, 0.3) is 0 Å². The number of nitrogens with one attached hydrogen (secondary N) is 1. The van der Waals surface area contributed by atoms with Gasteiger partial charge in [-0.3, -0.25) is 4.79 Å². The van der Waals surface area contributed by atoms with Gasteiger partial charge in [-0.05, 0) is 18.6 Å². The van der Waals surface area contributed by atoms with Gasteiger partial charge in [0.1, 0.15) is 0 Å². The zero-order valence-electron chi connectivity index (χ0n) is 7.50. The van der Waals surface area contributed by atoms with Gasteiger partial charge in [-0.25, -0.2) is 0 Å². The smallest absolute Gasteiger partial charge is 0.237 e. The molecule has 1 heterocycles.